The summed E-state index contributed by atoms with van der Waals surface area (Å²) in [5.74, 6) is 0.328. The Kier molecular flexibility index (Phi) is 4.36. The van der Waals surface area contributed by atoms with Crippen molar-refractivity contribution in [2.75, 3.05) is 7.11 Å². The standard InChI is InChI=1S/C14H16N2O3S/c1-11-5-6-13(19-2)14(8-11)20(17,18)16-10-12-4-3-7-15-9-12/h3-9,16H,10H2,1-2H3. The monoisotopic (exact) mass is 292 g/mol. The van der Waals surface area contributed by atoms with Gasteiger partial charge in [-0.1, -0.05) is 12.1 Å². The van der Waals surface area contributed by atoms with Crippen molar-refractivity contribution in [3.8, 4) is 5.75 Å². The molecule has 2 aromatic rings. The van der Waals surface area contributed by atoms with Crippen LogP contribution in [0.25, 0.3) is 0 Å². The summed E-state index contributed by atoms with van der Waals surface area (Å²) in [6.07, 6.45) is 3.26. The van der Waals surface area contributed by atoms with Crippen molar-refractivity contribution in [3.63, 3.8) is 0 Å². The summed E-state index contributed by atoms with van der Waals surface area (Å²) >= 11 is 0. The molecule has 0 radical (unpaired) electrons. The Morgan fingerprint density at radius 2 is 2.10 bits per heavy atom. The Labute approximate surface area is 118 Å². The maximum Gasteiger partial charge on any atom is 0.244 e. The van der Waals surface area contributed by atoms with Gasteiger partial charge in [-0.15, -0.1) is 0 Å². The number of ether oxygens (including phenoxy) is 1. The van der Waals surface area contributed by atoms with Crippen LogP contribution in [0.15, 0.2) is 47.6 Å². The molecule has 1 heterocycles. The van der Waals surface area contributed by atoms with E-state index in [1.807, 2.05) is 13.0 Å². The largest absolute Gasteiger partial charge is 0.495 e. The van der Waals surface area contributed by atoms with Gasteiger partial charge in [-0.2, -0.15) is 0 Å². The van der Waals surface area contributed by atoms with Crippen LogP contribution >= 0.6 is 0 Å². The van der Waals surface area contributed by atoms with Gasteiger partial charge < -0.3 is 4.74 Å². The van der Waals surface area contributed by atoms with Crippen LogP contribution in [0, 0.1) is 6.92 Å². The van der Waals surface area contributed by atoms with Crippen LogP contribution < -0.4 is 9.46 Å². The average Bonchev–Trinajstić information content (AvgIpc) is 2.46. The van der Waals surface area contributed by atoms with E-state index in [1.54, 1.807) is 36.7 Å². The molecule has 0 atom stereocenters. The van der Waals surface area contributed by atoms with Gasteiger partial charge in [0.05, 0.1) is 7.11 Å². The third-order valence-corrected chi connectivity index (χ3v) is 4.22. The summed E-state index contributed by atoms with van der Waals surface area (Å²) < 4.78 is 32.3. The van der Waals surface area contributed by atoms with Crippen LogP contribution in [0.3, 0.4) is 0 Å². The predicted molar refractivity (Wildman–Crippen MR) is 76.0 cm³/mol. The van der Waals surface area contributed by atoms with Gasteiger partial charge in [0.2, 0.25) is 10.0 Å². The highest BCUT2D eigenvalue weighted by Gasteiger charge is 2.19. The number of nitrogens with one attached hydrogen (secondary N) is 1. The highest BCUT2D eigenvalue weighted by molar-refractivity contribution is 7.89. The first kappa shape index (κ1) is 14.5. The van der Waals surface area contributed by atoms with Crippen LogP contribution in [-0.4, -0.2) is 20.5 Å². The SMILES string of the molecule is COc1ccc(C)cc1S(=O)(=O)NCc1cccnc1. The minimum atomic E-state index is -3.63. The molecule has 1 aromatic heterocycles. The van der Waals surface area contributed by atoms with Gasteiger partial charge in [0.25, 0.3) is 0 Å². The Bertz CT molecular complexity index is 685. The molecule has 0 aliphatic carbocycles. The summed E-state index contributed by atoms with van der Waals surface area (Å²) in [6, 6.07) is 8.61. The number of pyridine rings is 1. The molecule has 106 valence electrons. The molecule has 0 saturated heterocycles. The van der Waals surface area contributed by atoms with Gasteiger partial charge in [0.15, 0.2) is 0 Å². The van der Waals surface area contributed by atoms with E-state index in [9.17, 15) is 8.42 Å². The zero-order valence-electron chi connectivity index (χ0n) is 11.3. The minimum Gasteiger partial charge on any atom is -0.495 e. The first-order valence-electron chi connectivity index (χ1n) is 6.06. The molecule has 2 rings (SSSR count). The average molecular weight is 292 g/mol. The maximum atomic E-state index is 12.3. The highest BCUT2D eigenvalue weighted by Crippen LogP contribution is 2.24. The van der Waals surface area contributed by atoms with Crippen molar-refractivity contribution in [1.82, 2.24) is 9.71 Å². The van der Waals surface area contributed by atoms with Gasteiger partial charge in [-0.3, -0.25) is 4.98 Å². The van der Waals surface area contributed by atoms with Crippen LogP contribution in [0.5, 0.6) is 5.75 Å². The summed E-state index contributed by atoms with van der Waals surface area (Å²) in [5, 5.41) is 0. The number of aromatic nitrogens is 1. The molecule has 1 aromatic carbocycles. The lowest BCUT2D eigenvalue weighted by molar-refractivity contribution is 0.402. The van der Waals surface area contributed by atoms with Gasteiger partial charge in [-0.25, -0.2) is 13.1 Å². The van der Waals surface area contributed by atoms with Gasteiger partial charge in [0, 0.05) is 18.9 Å². The molecule has 6 heteroatoms. The zero-order chi connectivity index (χ0) is 14.6. The lowest BCUT2D eigenvalue weighted by atomic mass is 10.2. The molecular formula is C14H16N2O3S. The molecule has 0 spiro atoms. The topological polar surface area (TPSA) is 68.3 Å². The second-order valence-corrected chi connectivity index (χ2v) is 6.08. The lowest BCUT2D eigenvalue weighted by Crippen LogP contribution is -2.23. The fraction of sp³-hybridized carbons (Fsp3) is 0.214. The van der Waals surface area contributed by atoms with Gasteiger partial charge in [-0.05, 0) is 36.2 Å². The molecular weight excluding hydrogens is 276 g/mol. The second-order valence-electron chi connectivity index (χ2n) is 4.34. The predicted octanol–water partition coefficient (Wildman–Crippen LogP) is 1.88. The normalized spacial score (nSPS) is 11.3. The number of aryl methyl sites for hydroxylation is 1. The van der Waals surface area contributed by atoms with Crippen molar-refractivity contribution in [2.45, 2.75) is 18.4 Å². The molecule has 0 bridgehead atoms. The van der Waals surface area contributed by atoms with Crippen molar-refractivity contribution < 1.29 is 13.2 Å². The smallest absolute Gasteiger partial charge is 0.244 e. The van der Waals surface area contributed by atoms with Crippen molar-refractivity contribution in [1.29, 1.82) is 0 Å². The number of methoxy groups -OCH3 is 1. The quantitative estimate of drug-likeness (QED) is 0.913. The number of sulfonamides is 1. The van der Waals surface area contributed by atoms with Gasteiger partial charge >= 0.3 is 0 Å². The van der Waals surface area contributed by atoms with E-state index >= 15 is 0 Å². The molecule has 5 nitrogen and oxygen atoms in total. The first-order valence-corrected chi connectivity index (χ1v) is 7.54. The summed E-state index contributed by atoms with van der Waals surface area (Å²) in [5.41, 5.74) is 1.65. The molecule has 0 fully saturated rings. The Morgan fingerprint density at radius 3 is 2.75 bits per heavy atom. The number of hydrogen-bond donors (Lipinski definition) is 1. The molecule has 0 amide bonds. The number of nitrogens with zero attached hydrogens (tertiary/aromatic N) is 1. The van der Waals surface area contributed by atoms with E-state index in [-0.39, 0.29) is 11.4 Å². The first-order chi connectivity index (χ1) is 9.53. The van der Waals surface area contributed by atoms with E-state index < -0.39 is 10.0 Å². The van der Waals surface area contributed by atoms with E-state index in [2.05, 4.69) is 9.71 Å². The molecule has 20 heavy (non-hydrogen) atoms. The lowest BCUT2D eigenvalue weighted by Gasteiger charge is -2.11. The molecule has 1 N–H and O–H groups in total. The van der Waals surface area contributed by atoms with Crippen LogP contribution in [0.4, 0.5) is 0 Å². The third-order valence-electron chi connectivity index (χ3n) is 2.80. The maximum absolute atomic E-state index is 12.3. The Hall–Kier alpha value is -1.92. The number of benzene rings is 1. The van der Waals surface area contributed by atoms with E-state index in [0.717, 1.165) is 11.1 Å². The van der Waals surface area contributed by atoms with Crippen LogP contribution in [-0.2, 0) is 16.6 Å². The molecule has 0 aliphatic heterocycles. The van der Waals surface area contributed by atoms with Crippen molar-refractivity contribution in [3.05, 3.63) is 53.9 Å². The highest BCUT2D eigenvalue weighted by atomic mass is 32.2. The fourth-order valence-electron chi connectivity index (χ4n) is 1.75. The van der Waals surface area contributed by atoms with Crippen molar-refractivity contribution >= 4 is 10.0 Å². The van der Waals surface area contributed by atoms with Gasteiger partial charge in [0.1, 0.15) is 10.6 Å². The summed E-state index contributed by atoms with van der Waals surface area (Å²) in [4.78, 5) is 4.09. The van der Waals surface area contributed by atoms with Crippen LogP contribution in [0.1, 0.15) is 11.1 Å². The Balaban J connectivity index is 2.24. The Morgan fingerprint density at radius 1 is 1.30 bits per heavy atom. The third kappa shape index (κ3) is 3.34. The van der Waals surface area contributed by atoms with Crippen molar-refractivity contribution in [2.24, 2.45) is 0 Å². The summed E-state index contributed by atoms with van der Waals surface area (Å²) in [6.45, 7) is 2.02. The molecule has 0 unspecified atom stereocenters. The van der Waals surface area contributed by atoms with Crippen LogP contribution in [0.2, 0.25) is 0 Å². The molecule has 0 saturated carbocycles. The second kappa shape index (κ2) is 6.02. The summed E-state index contributed by atoms with van der Waals surface area (Å²) in [7, 11) is -2.18. The van der Waals surface area contributed by atoms with E-state index in [0.29, 0.717) is 5.75 Å². The fourth-order valence-corrected chi connectivity index (χ4v) is 3.02. The number of rotatable bonds is 5. The minimum absolute atomic E-state index is 0.142. The van der Waals surface area contributed by atoms with E-state index in [1.165, 1.54) is 7.11 Å². The van der Waals surface area contributed by atoms with E-state index in [4.69, 9.17) is 4.74 Å². The number of hydrogen-bond acceptors (Lipinski definition) is 4. The molecule has 0 aliphatic rings. The zero-order valence-corrected chi connectivity index (χ0v) is 12.1.